The molecule has 108 valence electrons. The normalized spacial score (nSPS) is 16.2. The van der Waals surface area contributed by atoms with E-state index in [1.165, 1.54) is 0 Å². The molecule has 0 atom stereocenters. The highest BCUT2D eigenvalue weighted by Gasteiger charge is 2.22. The van der Waals surface area contributed by atoms with E-state index in [1.54, 1.807) is 23.1 Å². The molecule has 0 bridgehead atoms. The van der Waals surface area contributed by atoms with Crippen molar-refractivity contribution >= 4 is 46.3 Å². The molecular formula is C13H15Cl2N3OS. The summed E-state index contributed by atoms with van der Waals surface area (Å²) in [5, 5.41) is 0.931. The lowest BCUT2D eigenvalue weighted by atomic mass is 10.2. The smallest absolute Gasteiger partial charge is 0.254 e. The van der Waals surface area contributed by atoms with Gasteiger partial charge >= 0.3 is 0 Å². The van der Waals surface area contributed by atoms with E-state index in [4.69, 9.17) is 41.2 Å². The molecule has 20 heavy (non-hydrogen) atoms. The van der Waals surface area contributed by atoms with E-state index in [-0.39, 0.29) is 5.91 Å². The maximum atomic E-state index is 12.4. The first kappa shape index (κ1) is 15.5. The molecule has 2 N–H and O–H groups in total. The standard InChI is InChI=1S/C13H15Cl2N3OS/c14-10-5-9(6-11(15)7-10)13(19)18-3-1-17(2-4-18)8-12(16)20/h5-7H,1-4,8H2,(H2,16,20). The number of hydrogen-bond acceptors (Lipinski definition) is 3. The van der Waals surface area contributed by atoms with E-state index >= 15 is 0 Å². The number of nitrogens with zero attached hydrogens (tertiary/aromatic N) is 2. The van der Waals surface area contributed by atoms with Crippen LogP contribution in [0, 0.1) is 0 Å². The maximum Gasteiger partial charge on any atom is 0.254 e. The monoisotopic (exact) mass is 331 g/mol. The zero-order chi connectivity index (χ0) is 14.7. The van der Waals surface area contributed by atoms with Crippen LogP contribution >= 0.6 is 35.4 Å². The Morgan fingerprint density at radius 3 is 2.20 bits per heavy atom. The molecule has 0 saturated carbocycles. The van der Waals surface area contributed by atoms with Crippen molar-refractivity contribution in [1.82, 2.24) is 9.80 Å². The first-order chi connectivity index (χ1) is 9.45. The highest BCUT2D eigenvalue weighted by atomic mass is 35.5. The fourth-order valence-corrected chi connectivity index (χ4v) is 2.90. The summed E-state index contributed by atoms with van der Waals surface area (Å²) in [6, 6.07) is 4.88. The van der Waals surface area contributed by atoms with Gasteiger partial charge in [-0.05, 0) is 18.2 Å². The van der Waals surface area contributed by atoms with Crippen LogP contribution in [0.4, 0.5) is 0 Å². The van der Waals surface area contributed by atoms with Crippen molar-refractivity contribution in [2.45, 2.75) is 0 Å². The Morgan fingerprint density at radius 2 is 1.70 bits per heavy atom. The first-order valence-corrected chi connectivity index (χ1v) is 7.38. The van der Waals surface area contributed by atoms with Crippen LogP contribution in [0.2, 0.25) is 10.0 Å². The van der Waals surface area contributed by atoms with E-state index in [0.717, 1.165) is 13.1 Å². The number of thiocarbonyl (C=S) groups is 1. The van der Waals surface area contributed by atoms with Gasteiger partial charge in [0, 0.05) is 48.3 Å². The van der Waals surface area contributed by atoms with Crippen molar-refractivity contribution in [3.05, 3.63) is 33.8 Å². The Morgan fingerprint density at radius 1 is 1.15 bits per heavy atom. The van der Waals surface area contributed by atoms with Crippen molar-refractivity contribution in [2.75, 3.05) is 32.7 Å². The van der Waals surface area contributed by atoms with Gasteiger partial charge in [-0.2, -0.15) is 0 Å². The molecule has 0 radical (unpaired) electrons. The molecule has 2 rings (SSSR count). The van der Waals surface area contributed by atoms with Crippen LogP contribution in [-0.2, 0) is 0 Å². The predicted molar refractivity (Wildman–Crippen MR) is 85.6 cm³/mol. The third kappa shape index (κ3) is 4.06. The Labute approximate surface area is 133 Å². The molecular weight excluding hydrogens is 317 g/mol. The molecule has 1 aromatic carbocycles. The Bertz CT molecular complexity index is 510. The summed E-state index contributed by atoms with van der Waals surface area (Å²) in [5.74, 6) is -0.0515. The lowest BCUT2D eigenvalue weighted by Crippen LogP contribution is -2.50. The zero-order valence-corrected chi connectivity index (χ0v) is 13.1. The number of rotatable bonds is 3. The van der Waals surface area contributed by atoms with Crippen molar-refractivity contribution in [3.63, 3.8) is 0 Å². The van der Waals surface area contributed by atoms with Crippen molar-refractivity contribution < 1.29 is 4.79 Å². The topological polar surface area (TPSA) is 49.6 Å². The summed E-state index contributed by atoms with van der Waals surface area (Å²) in [4.78, 5) is 16.8. The average molecular weight is 332 g/mol. The summed E-state index contributed by atoms with van der Waals surface area (Å²) in [7, 11) is 0. The maximum absolute atomic E-state index is 12.4. The van der Waals surface area contributed by atoms with Crippen molar-refractivity contribution in [1.29, 1.82) is 0 Å². The Hall–Kier alpha value is -0.880. The van der Waals surface area contributed by atoms with Crippen molar-refractivity contribution in [3.8, 4) is 0 Å². The van der Waals surface area contributed by atoms with Crippen molar-refractivity contribution in [2.24, 2.45) is 5.73 Å². The highest BCUT2D eigenvalue weighted by molar-refractivity contribution is 7.80. The van der Waals surface area contributed by atoms with E-state index in [0.29, 0.717) is 40.2 Å². The summed E-state index contributed by atoms with van der Waals surface area (Å²) in [6.07, 6.45) is 0. The van der Waals surface area contributed by atoms with Crippen LogP contribution in [0.25, 0.3) is 0 Å². The molecule has 1 amide bonds. The molecule has 1 aromatic rings. The van der Waals surface area contributed by atoms with Crippen LogP contribution in [0.1, 0.15) is 10.4 Å². The fraction of sp³-hybridized carbons (Fsp3) is 0.385. The summed E-state index contributed by atoms with van der Waals surface area (Å²) in [6.45, 7) is 3.41. The highest BCUT2D eigenvalue weighted by Crippen LogP contribution is 2.20. The van der Waals surface area contributed by atoms with Crippen LogP contribution in [0.5, 0.6) is 0 Å². The van der Waals surface area contributed by atoms with Gasteiger partial charge < -0.3 is 10.6 Å². The molecule has 7 heteroatoms. The SMILES string of the molecule is NC(=S)CN1CCN(C(=O)c2cc(Cl)cc(Cl)c2)CC1. The molecule has 1 saturated heterocycles. The van der Waals surface area contributed by atoms with Crippen LogP contribution in [0.3, 0.4) is 0 Å². The number of piperazine rings is 1. The minimum Gasteiger partial charge on any atom is -0.392 e. The van der Waals surface area contributed by atoms with Crippen LogP contribution in [0.15, 0.2) is 18.2 Å². The quantitative estimate of drug-likeness (QED) is 0.861. The van der Waals surface area contributed by atoms with Gasteiger partial charge in [-0.1, -0.05) is 35.4 Å². The summed E-state index contributed by atoms with van der Waals surface area (Å²) < 4.78 is 0. The van der Waals surface area contributed by atoms with Gasteiger partial charge in [-0.3, -0.25) is 9.69 Å². The van der Waals surface area contributed by atoms with Crippen LogP contribution in [-0.4, -0.2) is 53.4 Å². The summed E-state index contributed by atoms with van der Waals surface area (Å²) >= 11 is 16.7. The average Bonchev–Trinajstić information content (AvgIpc) is 2.37. The second-order valence-electron chi connectivity index (χ2n) is 4.69. The fourth-order valence-electron chi connectivity index (χ4n) is 2.19. The molecule has 1 heterocycles. The molecule has 1 fully saturated rings. The number of halogens is 2. The second-order valence-corrected chi connectivity index (χ2v) is 6.09. The molecule has 0 spiro atoms. The largest absolute Gasteiger partial charge is 0.392 e. The lowest BCUT2D eigenvalue weighted by Gasteiger charge is -2.34. The molecule has 0 aromatic heterocycles. The van der Waals surface area contributed by atoms with Gasteiger partial charge in [0.05, 0.1) is 4.99 Å². The molecule has 1 aliphatic rings. The Kier molecular flexibility index (Phi) is 5.21. The van der Waals surface area contributed by atoms with Gasteiger partial charge in [0.15, 0.2) is 0 Å². The number of carbonyl (C=O) groups excluding carboxylic acids is 1. The van der Waals surface area contributed by atoms with Gasteiger partial charge in [0.25, 0.3) is 5.91 Å². The Balaban J connectivity index is 1.99. The first-order valence-electron chi connectivity index (χ1n) is 6.22. The minimum atomic E-state index is -0.0515. The number of amides is 1. The molecule has 1 aliphatic heterocycles. The summed E-state index contributed by atoms with van der Waals surface area (Å²) in [5.41, 5.74) is 6.04. The number of hydrogen-bond donors (Lipinski definition) is 1. The molecule has 4 nitrogen and oxygen atoms in total. The molecule has 0 aliphatic carbocycles. The van der Waals surface area contributed by atoms with Gasteiger partial charge in [0.2, 0.25) is 0 Å². The number of benzene rings is 1. The van der Waals surface area contributed by atoms with Crippen LogP contribution < -0.4 is 5.73 Å². The number of nitrogens with two attached hydrogens (primary N) is 1. The van der Waals surface area contributed by atoms with Gasteiger partial charge in [-0.25, -0.2) is 0 Å². The van der Waals surface area contributed by atoms with Gasteiger partial charge in [-0.15, -0.1) is 0 Å². The second kappa shape index (κ2) is 6.72. The van der Waals surface area contributed by atoms with E-state index in [1.807, 2.05) is 0 Å². The van der Waals surface area contributed by atoms with E-state index in [9.17, 15) is 4.79 Å². The third-order valence-electron chi connectivity index (χ3n) is 3.15. The molecule has 0 unspecified atom stereocenters. The minimum absolute atomic E-state index is 0.0515. The van der Waals surface area contributed by atoms with E-state index < -0.39 is 0 Å². The van der Waals surface area contributed by atoms with Gasteiger partial charge in [0.1, 0.15) is 0 Å². The third-order valence-corrected chi connectivity index (χ3v) is 3.71. The zero-order valence-electron chi connectivity index (χ0n) is 10.8. The predicted octanol–water partition coefficient (Wildman–Crippen LogP) is 2.04. The van der Waals surface area contributed by atoms with E-state index in [2.05, 4.69) is 4.90 Å². The number of carbonyl (C=O) groups is 1. The lowest BCUT2D eigenvalue weighted by molar-refractivity contribution is 0.0654.